The minimum atomic E-state index is -0.134. The molecule has 4 N–H and O–H groups in total. The van der Waals surface area contributed by atoms with Crippen molar-refractivity contribution >= 4 is 5.82 Å². The molecule has 1 heterocycles. The number of nitrogens with zero attached hydrogens (tertiary/aromatic N) is 2. The molecule has 1 rings (SSSR count). The molecule has 0 aliphatic heterocycles. The van der Waals surface area contributed by atoms with E-state index in [9.17, 15) is 0 Å². The Kier molecular flexibility index (Phi) is 5.32. The zero-order valence-electron chi connectivity index (χ0n) is 12.9. The lowest BCUT2D eigenvalue weighted by Crippen LogP contribution is -2.53. The highest BCUT2D eigenvalue weighted by atomic mass is 15.2. The van der Waals surface area contributed by atoms with Crippen molar-refractivity contribution in [3.63, 3.8) is 0 Å². The Morgan fingerprint density at radius 2 is 1.89 bits per heavy atom. The van der Waals surface area contributed by atoms with E-state index in [4.69, 9.17) is 11.5 Å². The van der Waals surface area contributed by atoms with Crippen molar-refractivity contribution in [2.45, 2.75) is 52.6 Å². The average molecular weight is 264 g/mol. The topological polar surface area (TPSA) is 68.2 Å². The number of likely N-dealkylation sites (N-methyl/N-ethyl adjacent to an activating group) is 1. The van der Waals surface area contributed by atoms with Gasteiger partial charge in [-0.2, -0.15) is 0 Å². The van der Waals surface area contributed by atoms with E-state index in [1.54, 1.807) is 6.20 Å². The summed E-state index contributed by atoms with van der Waals surface area (Å²) in [5.74, 6) is 0.546. The van der Waals surface area contributed by atoms with E-state index in [1.807, 2.05) is 6.92 Å². The molecular weight excluding hydrogens is 236 g/mol. The van der Waals surface area contributed by atoms with E-state index in [2.05, 4.69) is 43.6 Å². The molecule has 0 aromatic carbocycles. The summed E-state index contributed by atoms with van der Waals surface area (Å²) in [6.45, 7) is 12.7. The highest BCUT2D eigenvalue weighted by molar-refractivity contribution is 5.44. The highest BCUT2D eigenvalue weighted by Crippen LogP contribution is 2.34. The normalized spacial score (nSPS) is 16.4. The van der Waals surface area contributed by atoms with Crippen LogP contribution in [0, 0.1) is 6.92 Å². The van der Waals surface area contributed by atoms with Crippen molar-refractivity contribution < 1.29 is 0 Å². The van der Waals surface area contributed by atoms with Gasteiger partial charge in [0.25, 0.3) is 0 Å². The zero-order valence-corrected chi connectivity index (χ0v) is 12.9. The summed E-state index contributed by atoms with van der Waals surface area (Å²) >= 11 is 0. The number of nitrogen functional groups attached to an aromatic ring is 1. The molecule has 4 nitrogen and oxygen atoms in total. The maximum absolute atomic E-state index is 6.54. The molecule has 0 fully saturated rings. The summed E-state index contributed by atoms with van der Waals surface area (Å²) in [5.41, 5.74) is 14.5. The number of rotatable bonds is 6. The minimum Gasteiger partial charge on any atom is -0.383 e. The van der Waals surface area contributed by atoms with Crippen LogP contribution in [0.5, 0.6) is 0 Å². The molecule has 0 bridgehead atoms. The van der Waals surface area contributed by atoms with Crippen LogP contribution in [-0.2, 0) is 0 Å². The number of hydrogen-bond acceptors (Lipinski definition) is 4. The van der Waals surface area contributed by atoms with Crippen LogP contribution in [0.2, 0.25) is 0 Å². The van der Waals surface area contributed by atoms with Gasteiger partial charge in [0, 0.05) is 17.3 Å². The molecule has 1 aromatic rings. The number of pyridine rings is 1. The molecule has 0 saturated heterocycles. The van der Waals surface area contributed by atoms with Crippen LogP contribution < -0.4 is 11.5 Å². The molecule has 0 aliphatic rings. The lowest BCUT2D eigenvalue weighted by atomic mass is 9.83. The van der Waals surface area contributed by atoms with E-state index in [-0.39, 0.29) is 11.6 Å². The van der Waals surface area contributed by atoms with Crippen molar-refractivity contribution in [2.75, 3.05) is 18.8 Å². The molecule has 0 spiro atoms. The molecule has 0 saturated carbocycles. The predicted octanol–water partition coefficient (Wildman–Crippen LogP) is 2.48. The molecule has 19 heavy (non-hydrogen) atoms. The first-order valence-corrected chi connectivity index (χ1v) is 7.13. The van der Waals surface area contributed by atoms with Gasteiger partial charge >= 0.3 is 0 Å². The first kappa shape index (κ1) is 15.9. The number of hydrogen-bond donors (Lipinski definition) is 2. The van der Waals surface area contributed by atoms with Gasteiger partial charge in [0.05, 0.1) is 6.04 Å². The molecule has 0 aliphatic carbocycles. The standard InChI is InChI=1S/C15H28N4/c1-6-15(5,19(7-2)8-3)13(16)12-9-11(4)10-18-14(12)17/h9-10,13H,6-8,16H2,1-5H3,(H2,17,18). The molecular formula is C15H28N4. The fraction of sp³-hybridized carbons (Fsp3) is 0.667. The predicted molar refractivity (Wildman–Crippen MR) is 81.9 cm³/mol. The van der Waals surface area contributed by atoms with Gasteiger partial charge in [0.2, 0.25) is 0 Å². The van der Waals surface area contributed by atoms with Gasteiger partial charge in [-0.15, -0.1) is 0 Å². The van der Waals surface area contributed by atoms with Crippen LogP contribution in [0.25, 0.3) is 0 Å². The number of anilines is 1. The van der Waals surface area contributed by atoms with Crippen LogP contribution >= 0.6 is 0 Å². The molecule has 1 aromatic heterocycles. The second-order valence-electron chi connectivity index (χ2n) is 5.35. The van der Waals surface area contributed by atoms with Gasteiger partial charge in [-0.05, 0) is 45.0 Å². The lowest BCUT2D eigenvalue weighted by Gasteiger charge is -2.44. The number of nitrogens with two attached hydrogens (primary N) is 2. The third-order valence-electron chi connectivity index (χ3n) is 4.29. The van der Waals surface area contributed by atoms with E-state index in [0.29, 0.717) is 5.82 Å². The second-order valence-corrected chi connectivity index (χ2v) is 5.35. The fourth-order valence-corrected chi connectivity index (χ4v) is 2.77. The Hall–Kier alpha value is -1.13. The summed E-state index contributed by atoms with van der Waals surface area (Å²) in [7, 11) is 0. The van der Waals surface area contributed by atoms with Gasteiger partial charge < -0.3 is 11.5 Å². The third-order valence-corrected chi connectivity index (χ3v) is 4.29. The largest absolute Gasteiger partial charge is 0.383 e. The molecule has 108 valence electrons. The van der Waals surface area contributed by atoms with Crippen LogP contribution in [0.1, 0.15) is 51.3 Å². The first-order valence-electron chi connectivity index (χ1n) is 7.13. The summed E-state index contributed by atoms with van der Waals surface area (Å²) in [6, 6.07) is 1.93. The quantitative estimate of drug-likeness (QED) is 0.828. The Bertz CT molecular complexity index is 415. The van der Waals surface area contributed by atoms with Crippen molar-refractivity contribution in [1.82, 2.24) is 9.88 Å². The van der Waals surface area contributed by atoms with Crippen LogP contribution in [0.4, 0.5) is 5.82 Å². The van der Waals surface area contributed by atoms with Crippen LogP contribution in [0.3, 0.4) is 0 Å². The summed E-state index contributed by atoms with van der Waals surface area (Å²) < 4.78 is 0. The van der Waals surface area contributed by atoms with Gasteiger partial charge in [-0.1, -0.05) is 20.8 Å². The highest BCUT2D eigenvalue weighted by Gasteiger charge is 2.36. The summed E-state index contributed by atoms with van der Waals surface area (Å²) in [4.78, 5) is 6.64. The van der Waals surface area contributed by atoms with Crippen molar-refractivity contribution in [1.29, 1.82) is 0 Å². The van der Waals surface area contributed by atoms with Crippen LogP contribution in [0.15, 0.2) is 12.3 Å². The second kappa shape index (κ2) is 6.35. The molecule has 2 unspecified atom stereocenters. The van der Waals surface area contributed by atoms with E-state index < -0.39 is 0 Å². The maximum Gasteiger partial charge on any atom is 0.128 e. The lowest BCUT2D eigenvalue weighted by molar-refractivity contribution is 0.0846. The first-order chi connectivity index (χ1) is 8.90. The van der Waals surface area contributed by atoms with Crippen molar-refractivity contribution in [3.8, 4) is 0 Å². The minimum absolute atomic E-state index is 0.104. The van der Waals surface area contributed by atoms with Crippen molar-refractivity contribution in [3.05, 3.63) is 23.4 Å². The number of aryl methyl sites for hydroxylation is 1. The van der Waals surface area contributed by atoms with E-state index in [1.165, 1.54) is 0 Å². The van der Waals surface area contributed by atoms with Crippen molar-refractivity contribution in [2.24, 2.45) is 5.73 Å². The zero-order chi connectivity index (χ0) is 14.6. The Balaban J connectivity index is 3.20. The monoisotopic (exact) mass is 264 g/mol. The molecule has 2 atom stereocenters. The SMILES string of the molecule is CCN(CC)C(C)(CC)C(N)c1cc(C)cnc1N. The Morgan fingerprint density at radius 3 is 2.37 bits per heavy atom. The summed E-state index contributed by atoms with van der Waals surface area (Å²) in [6.07, 6.45) is 2.76. The van der Waals surface area contributed by atoms with E-state index >= 15 is 0 Å². The van der Waals surface area contributed by atoms with E-state index in [0.717, 1.165) is 30.6 Å². The van der Waals surface area contributed by atoms with Gasteiger partial charge in [0.15, 0.2) is 0 Å². The smallest absolute Gasteiger partial charge is 0.128 e. The molecule has 0 amide bonds. The average Bonchev–Trinajstić information content (AvgIpc) is 2.41. The van der Waals surface area contributed by atoms with Gasteiger partial charge in [-0.3, -0.25) is 4.90 Å². The third kappa shape index (κ3) is 3.07. The van der Waals surface area contributed by atoms with Gasteiger partial charge in [0.1, 0.15) is 5.82 Å². The fourth-order valence-electron chi connectivity index (χ4n) is 2.77. The molecule has 0 radical (unpaired) electrons. The molecule has 4 heteroatoms. The number of aromatic nitrogens is 1. The Morgan fingerprint density at radius 1 is 1.32 bits per heavy atom. The van der Waals surface area contributed by atoms with Crippen LogP contribution in [-0.4, -0.2) is 28.5 Å². The van der Waals surface area contributed by atoms with Gasteiger partial charge in [-0.25, -0.2) is 4.98 Å². The summed E-state index contributed by atoms with van der Waals surface area (Å²) in [5, 5.41) is 0. The Labute approximate surface area is 117 Å². The maximum atomic E-state index is 6.54.